The van der Waals surface area contributed by atoms with Gasteiger partial charge in [-0.3, -0.25) is 4.79 Å². The van der Waals surface area contributed by atoms with E-state index in [4.69, 9.17) is 0 Å². The molecule has 0 aromatic rings. The monoisotopic (exact) mass is 249 g/mol. The number of allylic oxidation sites excluding steroid dienone is 2. The highest BCUT2D eigenvalue weighted by atomic mass is 16.2. The van der Waals surface area contributed by atoms with Gasteiger partial charge in [-0.15, -0.1) is 5.01 Å². The number of amides is 3. The Labute approximate surface area is 107 Å². The zero-order valence-electron chi connectivity index (χ0n) is 10.8. The normalized spacial score (nSPS) is 32.3. The lowest BCUT2D eigenvalue weighted by Gasteiger charge is -2.17. The number of hydrogen-bond acceptors (Lipinski definition) is 3. The lowest BCUT2D eigenvalue weighted by Crippen LogP contribution is -2.42. The van der Waals surface area contributed by atoms with Gasteiger partial charge in [-0.1, -0.05) is 19.1 Å². The second-order valence-electron chi connectivity index (χ2n) is 5.04. The van der Waals surface area contributed by atoms with Crippen LogP contribution in [0.1, 0.15) is 39.5 Å². The summed E-state index contributed by atoms with van der Waals surface area (Å²) in [5, 5.41) is 7.70. The van der Waals surface area contributed by atoms with Gasteiger partial charge in [-0.25, -0.2) is 4.79 Å². The Morgan fingerprint density at radius 3 is 2.89 bits per heavy atom. The highest BCUT2D eigenvalue weighted by molar-refractivity contribution is 6.06. The van der Waals surface area contributed by atoms with E-state index in [1.807, 2.05) is 6.92 Å². The Bertz CT molecular complexity index is 416. The van der Waals surface area contributed by atoms with E-state index in [1.54, 1.807) is 13.1 Å². The van der Waals surface area contributed by atoms with Gasteiger partial charge >= 0.3 is 6.03 Å². The predicted octanol–water partition coefficient (Wildman–Crippen LogP) is 2.05. The van der Waals surface area contributed by atoms with Gasteiger partial charge in [0.25, 0.3) is 5.91 Å². The fourth-order valence-electron chi connectivity index (χ4n) is 2.13. The van der Waals surface area contributed by atoms with E-state index in [9.17, 15) is 9.59 Å². The Morgan fingerprint density at radius 1 is 1.56 bits per heavy atom. The van der Waals surface area contributed by atoms with Gasteiger partial charge in [0.1, 0.15) is 5.54 Å². The molecule has 2 aliphatic rings. The lowest BCUT2D eigenvalue weighted by molar-refractivity contribution is -0.130. The summed E-state index contributed by atoms with van der Waals surface area (Å²) >= 11 is 0. The summed E-state index contributed by atoms with van der Waals surface area (Å²) in [5.74, 6) is 0.0571. The molecule has 1 saturated heterocycles. The van der Waals surface area contributed by atoms with Gasteiger partial charge in [-0.05, 0) is 38.5 Å². The van der Waals surface area contributed by atoms with Crippen molar-refractivity contribution < 1.29 is 9.59 Å². The van der Waals surface area contributed by atoms with Crippen molar-refractivity contribution in [3.63, 3.8) is 0 Å². The van der Waals surface area contributed by atoms with E-state index >= 15 is 0 Å². The van der Waals surface area contributed by atoms with Crippen molar-refractivity contribution in [1.29, 1.82) is 0 Å². The smallest absolute Gasteiger partial charge is 0.322 e. The van der Waals surface area contributed by atoms with Crippen LogP contribution >= 0.6 is 0 Å². The molecular formula is C13H19N3O2. The van der Waals surface area contributed by atoms with Gasteiger partial charge in [0.05, 0.1) is 0 Å². The number of carbonyl (C=O) groups excluding carboxylic acids is 2. The molecule has 5 heteroatoms. The largest absolute Gasteiger partial charge is 0.346 e. The van der Waals surface area contributed by atoms with Crippen LogP contribution in [-0.2, 0) is 4.79 Å². The second-order valence-corrected chi connectivity index (χ2v) is 5.04. The molecule has 0 aromatic carbocycles. The summed E-state index contributed by atoms with van der Waals surface area (Å²) in [7, 11) is 0. The van der Waals surface area contributed by atoms with Crippen molar-refractivity contribution in [2.75, 3.05) is 0 Å². The molecule has 1 heterocycles. The molecule has 98 valence electrons. The minimum Gasteiger partial charge on any atom is -0.322 e. The molecule has 2 rings (SSSR count). The summed E-state index contributed by atoms with van der Waals surface area (Å²) < 4.78 is 0. The van der Waals surface area contributed by atoms with Crippen LogP contribution < -0.4 is 5.32 Å². The number of urea groups is 1. The van der Waals surface area contributed by atoms with Crippen LogP contribution in [0.4, 0.5) is 4.79 Å². The standard InChI is InChI=1S/C13H19N3O2/c1-3-13(2)11(17)16(12(18)15-13)14-9-10-7-5-4-6-8-10/h4-5,9-10H,3,6-8H2,1-2H3,(H,15,18)/b14-9-/t10-,13-/m1/s1. The van der Waals surface area contributed by atoms with Crippen molar-refractivity contribution in [2.24, 2.45) is 11.0 Å². The number of rotatable bonds is 3. The molecule has 0 aromatic heterocycles. The fourth-order valence-corrected chi connectivity index (χ4v) is 2.13. The molecule has 1 aliphatic heterocycles. The Balaban J connectivity index is 2.05. The molecule has 0 bridgehead atoms. The number of nitrogens with zero attached hydrogens (tertiary/aromatic N) is 2. The van der Waals surface area contributed by atoms with Gasteiger partial charge in [0.15, 0.2) is 0 Å². The Morgan fingerprint density at radius 2 is 2.33 bits per heavy atom. The van der Waals surface area contributed by atoms with E-state index in [0.29, 0.717) is 12.3 Å². The van der Waals surface area contributed by atoms with Crippen LogP contribution in [0, 0.1) is 5.92 Å². The van der Waals surface area contributed by atoms with E-state index in [1.165, 1.54) is 0 Å². The van der Waals surface area contributed by atoms with E-state index in [0.717, 1.165) is 24.3 Å². The van der Waals surface area contributed by atoms with Crippen LogP contribution in [-0.4, -0.2) is 28.7 Å². The second kappa shape index (κ2) is 4.92. The zero-order chi connectivity index (χ0) is 13.2. The number of carbonyl (C=O) groups is 2. The first-order valence-corrected chi connectivity index (χ1v) is 6.42. The van der Waals surface area contributed by atoms with Gasteiger partial charge < -0.3 is 5.32 Å². The first-order valence-electron chi connectivity index (χ1n) is 6.42. The average Bonchev–Trinajstić information content (AvgIpc) is 2.60. The molecule has 0 saturated carbocycles. The van der Waals surface area contributed by atoms with Crippen molar-refractivity contribution in [1.82, 2.24) is 10.3 Å². The van der Waals surface area contributed by atoms with Gasteiger partial charge in [0.2, 0.25) is 0 Å². The molecule has 0 spiro atoms. The molecule has 1 N–H and O–H groups in total. The quantitative estimate of drug-likeness (QED) is 0.472. The first-order chi connectivity index (χ1) is 8.57. The summed E-state index contributed by atoms with van der Waals surface area (Å²) in [4.78, 5) is 23.8. The van der Waals surface area contributed by atoms with Crippen molar-refractivity contribution >= 4 is 18.2 Å². The third-order valence-electron chi connectivity index (χ3n) is 3.65. The Kier molecular flexibility index (Phi) is 3.50. The zero-order valence-corrected chi connectivity index (χ0v) is 10.8. The van der Waals surface area contributed by atoms with Gasteiger partial charge in [-0.2, -0.15) is 5.10 Å². The molecule has 2 atom stereocenters. The number of nitrogens with one attached hydrogen (secondary N) is 1. The predicted molar refractivity (Wildman–Crippen MR) is 69.0 cm³/mol. The average molecular weight is 249 g/mol. The van der Waals surface area contributed by atoms with Crippen LogP contribution in [0.2, 0.25) is 0 Å². The summed E-state index contributed by atoms with van der Waals surface area (Å²) in [6, 6.07) is -0.424. The molecule has 18 heavy (non-hydrogen) atoms. The van der Waals surface area contributed by atoms with Crippen LogP contribution in [0.15, 0.2) is 17.3 Å². The van der Waals surface area contributed by atoms with E-state index < -0.39 is 11.6 Å². The Hall–Kier alpha value is -1.65. The lowest BCUT2D eigenvalue weighted by atomic mass is 9.96. The molecule has 3 amide bonds. The highest BCUT2D eigenvalue weighted by Gasteiger charge is 2.46. The summed E-state index contributed by atoms with van der Waals surface area (Å²) in [6.07, 6.45) is 9.53. The topological polar surface area (TPSA) is 61.8 Å². The molecule has 0 radical (unpaired) electrons. The third-order valence-corrected chi connectivity index (χ3v) is 3.65. The molecule has 5 nitrogen and oxygen atoms in total. The number of imide groups is 1. The molecule has 0 unspecified atom stereocenters. The molecular weight excluding hydrogens is 230 g/mol. The minimum atomic E-state index is -0.805. The van der Waals surface area contributed by atoms with E-state index in [2.05, 4.69) is 22.6 Å². The summed E-state index contributed by atoms with van der Waals surface area (Å²) in [6.45, 7) is 3.60. The highest BCUT2D eigenvalue weighted by Crippen LogP contribution is 2.22. The fraction of sp³-hybridized carbons (Fsp3) is 0.615. The van der Waals surface area contributed by atoms with Crippen molar-refractivity contribution in [3.05, 3.63) is 12.2 Å². The van der Waals surface area contributed by atoms with E-state index in [-0.39, 0.29) is 5.91 Å². The SMILES string of the molecule is CC[C@@]1(C)NC(=O)N(/N=C\[C@@H]2CC=CCC2)C1=O. The van der Waals surface area contributed by atoms with Crippen molar-refractivity contribution in [2.45, 2.75) is 45.1 Å². The van der Waals surface area contributed by atoms with Crippen LogP contribution in [0.3, 0.4) is 0 Å². The van der Waals surface area contributed by atoms with Crippen molar-refractivity contribution in [3.8, 4) is 0 Å². The molecule has 1 aliphatic carbocycles. The maximum atomic E-state index is 12.1. The van der Waals surface area contributed by atoms with Crippen LogP contribution in [0.5, 0.6) is 0 Å². The minimum absolute atomic E-state index is 0.266. The third kappa shape index (κ3) is 2.30. The first kappa shape index (κ1) is 12.8. The van der Waals surface area contributed by atoms with Gasteiger partial charge in [0, 0.05) is 6.21 Å². The maximum Gasteiger partial charge on any atom is 0.346 e. The number of hydrogen-bond donors (Lipinski definition) is 1. The summed E-state index contributed by atoms with van der Waals surface area (Å²) in [5.41, 5.74) is -0.805. The maximum absolute atomic E-state index is 12.1. The molecule has 1 fully saturated rings. The van der Waals surface area contributed by atoms with Crippen LogP contribution in [0.25, 0.3) is 0 Å². The number of hydrazone groups is 1.